The van der Waals surface area contributed by atoms with Gasteiger partial charge in [0.05, 0.1) is 13.0 Å². The summed E-state index contributed by atoms with van der Waals surface area (Å²) in [6.45, 7) is 3.10. The summed E-state index contributed by atoms with van der Waals surface area (Å²) in [5, 5.41) is 35.0. The van der Waals surface area contributed by atoms with Crippen molar-refractivity contribution in [3.05, 3.63) is 29.8 Å². The van der Waals surface area contributed by atoms with Crippen LogP contribution >= 0.6 is 0 Å². The predicted molar refractivity (Wildman–Crippen MR) is 116 cm³/mol. The first-order valence-electron chi connectivity index (χ1n) is 10.3. The van der Waals surface area contributed by atoms with E-state index in [9.17, 15) is 39.3 Å². The van der Waals surface area contributed by atoms with Gasteiger partial charge in [-0.15, -0.1) is 0 Å². The highest BCUT2D eigenvalue weighted by Gasteiger charge is 2.32. The van der Waals surface area contributed by atoms with Gasteiger partial charge in [0, 0.05) is 6.42 Å². The maximum atomic E-state index is 12.8. The predicted octanol–water partition coefficient (Wildman–Crippen LogP) is -1.05. The van der Waals surface area contributed by atoms with Crippen molar-refractivity contribution in [2.24, 2.45) is 11.7 Å². The molecule has 4 unspecified atom stereocenters. The number of nitrogens with one attached hydrogen (secondary N) is 3. The van der Waals surface area contributed by atoms with E-state index < -0.39 is 54.2 Å². The molecule has 0 heterocycles. The lowest BCUT2D eigenvalue weighted by atomic mass is 9.97. The fraction of sp³-hybridized carbons (Fsp3) is 0.476. The second-order valence-corrected chi connectivity index (χ2v) is 7.56. The molecule has 3 amide bonds. The first-order chi connectivity index (χ1) is 15.5. The number of carboxylic acids is 2. The lowest BCUT2D eigenvalue weighted by Gasteiger charge is -2.26. The lowest BCUT2D eigenvalue weighted by molar-refractivity contribution is -0.143. The van der Waals surface area contributed by atoms with Crippen molar-refractivity contribution >= 4 is 29.7 Å². The van der Waals surface area contributed by atoms with Crippen LogP contribution in [0.1, 0.15) is 32.3 Å². The number of carboxylic acid groups (broad SMARTS) is 2. The summed E-state index contributed by atoms with van der Waals surface area (Å²) in [4.78, 5) is 60.1. The van der Waals surface area contributed by atoms with Crippen molar-refractivity contribution in [3.63, 3.8) is 0 Å². The molecule has 4 atom stereocenters. The van der Waals surface area contributed by atoms with Crippen LogP contribution in [0.25, 0.3) is 0 Å². The quantitative estimate of drug-likeness (QED) is 0.189. The summed E-state index contributed by atoms with van der Waals surface area (Å²) < 4.78 is 0. The monoisotopic (exact) mass is 466 g/mol. The third-order valence-corrected chi connectivity index (χ3v) is 5.00. The normalized spacial score (nSPS) is 14.3. The summed E-state index contributed by atoms with van der Waals surface area (Å²) >= 11 is 0. The Kier molecular flexibility index (Phi) is 10.8. The molecule has 0 radical (unpaired) electrons. The van der Waals surface area contributed by atoms with Crippen LogP contribution in [0, 0.1) is 5.92 Å². The number of benzene rings is 1. The molecule has 0 fully saturated rings. The van der Waals surface area contributed by atoms with Crippen molar-refractivity contribution in [2.45, 2.75) is 51.2 Å². The number of amides is 3. The van der Waals surface area contributed by atoms with Gasteiger partial charge in [0.2, 0.25) is 17.7 Å². The van der Waals surface area contributed by atoms with Gasteiger partial charge >= 0.3 is 11.9 Å². The molecule has 1 aromatic rings. The fourth-order valence-electron chi connectivity index (χ4n) is 2.92. The highest BCUT2D eigenvalue weighted by Crippen LogP contribution is 2.12. The van der Waals surface area contributed by atoms with E-state index in [1.54, 1.807) is 13.8 Å². The van der Waals surface area contributed by atoms with Gasteiger partial charge in [-0.2, -0.15) is 0 Å². The van der Waals surface area contributed by atoms with Gasteiger partial charge in [-0.1, -0.05) is 32.4 Å². The standard InChI is InChI=1S/C21H30N4O8/c1-3-11(2)18(25-16(27)10-22)20(31)23-14(9-17(28)29)19(30)24-15(21(32)33)8-12-4-6-13(26)7-5-12/h4-7,11,14-15,18,26H,3,8-10,22H2,1-2H3,(H,23,31)(H,24,30)(H,25,27)(H,28,29)(H,32,33). The number of rotatable bonds is 13. The van der Waals surface area contributed by atoms with E-state index >= 15 is 0 Å². The smallest absolute Gasteiger partial charge is 0.326 e. The minimum atomic E-state index is -1.59. The lowest BCUT2D eigenvalue weighted by Crippen LogP contribution is -2.58. The van der Waals surface area contributed by atoms with Gasteiger partial charge in [-0.3, -0.25) is 19.2 Å². The van der Waals surface area contributed by atoms with Gasteiger partial charge in [0.1, 0.15) is 23.9 Å². The molecule has 0 aliphatic heterocycles. The maximum absolute atomic E-state index is 12.8. The van der Waals surface area contributed by atoms with Crippen molar-refractivity contribution in [3.8, 4) is 5.75 Å². The summed E-state index contributed by atoms with van der Waals surface area (Å²) in [7, 11) is 0. The minimum Gasteiger partial charge on any atom is -0.508 e. The SMILES string of the molecule is CCC(C)C(NC(=O)CN)C(=O)NC(CC(=O)O)C(=O)NC(Cc1ccc(O)cc1)C(=O)O. The van der Waals surface area contributed by atoms with Crippen LogP contribution in [0.15, 0.2) is 24.3 Å². The molecule has 182 valence electrons. The van der Waals surface area contributed by atoms with Gasteiger partial charge in [-0.05, 0) is 23.6 Å². The second kappa shape index (κ2) is 13.0. The number of aromatic hydroxyl groups is 1. The number of phenols is 1. The first-order valence-corrected chi connectivity index (χ1v) is 10.3. The molecule has 0 saturated heterocycles. The molecule has 0 spiro atoms. The average molecular weight is 466 g/mol. The topological polar surface area (TPSA) is 208 Å². The number of hydrogen-bond acceptors (Lipinski definition) is 7. The number of hydrogen-bond donors (Lipinski definition) is 7. The molecule has 0 saturated carbocycles. The zero-order chi connectivity index (χ0) is 25.1. The number of aliphatic carboxylic acids is 2. The molecule has 0 aliphatic carbocycles. The Labute approximate surface area is 190 Å². The highest BCUT2D eigenvalue weighted by molar-refractivity contribution is 5.95. The van der Waals surface area contributed by atoms with E-state index in [-0.39, 0.29) is 24.6 Å². The van der Waals surface area contributed by atoms with Crippen molar-refractivity contribution in [2.75, 3.05) is 6.54 Å². The van der Waals surface area contributed by atoms with E-state index in [2.05, 4.69) is 16.0 Å². The molecular weight excluding hydrogens is 436 g/mol. The number of nitrogens with two attached hydrogens (primary N) is 1. The minimum absolute atomic E-state index is 0.0171. The molecule has 1 rings (SSSR count). The molecule has 33 heavy (non-hydrogen) atoms. The average Bonchev–Trinajstić information content (AvgIpc) is 2.76. The van der Waals surface area contributed by atoms with E-state index in [0.29, 0.717) is 12.0 Å². The largest absolute Gasteiger partial charge is 0.508 e. The zero-order valence-electron chi connectivity index (χ0n) is 18.4. The van der Waals surface area contributed by atoms with E-state index in [4.69, 9.17) is 5.73 Å². The van der Waals surface area contributed by atoms with Gasteiger partial charge < -0.3 is 37.0 Å². The molecule has 1 aromatic carbocycles. The molecule has 8 N–H and O–H groups in total. The zero-order valence-corrected chi connectivity index (χ0v) is 18.4. The van der Waals surface area contributed by atoms with E-state index in [1.165, 1.54) is 24.3 Å². The van der Waals surface area contributed by atoms with E-state index in [1.807, 2.05) is 0 Å². The molecular formula is C21H30N4O8. The van der Waals surface area contributed by atoms with E-state index in [0.717, 1.165) is 0 Å². The number of phenolic OH excluding ortho intramolecular Hbond substituents is 1. The Hall–Kier alpha value is -3.67. The second-order valence-electron chi connectivity index (χ2n) is 7.56. The van der Waals surface area contributed by atoms with Crippen LogP contribution in [-0.2, 0) is 30.4 Å². The van der Waals surface area contributed by atoms with Gasteiger partial charge in [-0.25, -0.2) is 4.79 Å². The highest BCUT2D eigenvalue weighted by atomic mass is 16.4. The van der Waals surface area contributed by atoms with Gasteiger partial charge in [0.15, 0.2) is 0 Å². The third kappa shape index (κ3) is 9.15. The van der Waals surface area contributed by atoms with Gasteiger partial charge in [0.25, 0.3) is 0 Å². The summed E-state index contributed by atoms with van der Waals surface area (Å²) in [5.74, 6) is -5.54. The summed E-state index contributed by atoms with van der Waals surface area (Å²) in [6, 6.07) is 1.59. The maximum Gasteiger partial charge on any atom is 0.326 e. The van der Waals surface area contributed by atoms with Crippen LogP contribution in [0.3, 0.4) is 0 Å². The van der Waals surface area contributed by atoms with Crippen molar-refractivity contribution in [1.82, 2.24) is 16.0 Å². The Bertz CT molecular complexity index is 858. The Morgan fingerprint density at radius 2 is 1.52 bits per heavy atom. The number of carbonyl (C=O) groups is 5. The summed E-state index contributed by atoms with van der Waals surface area (Å²) in [6.07, 6.45) is -0.454. The van der Waals surface area contributed by atoms with Crippen LogP contribution in [0.5, 0.6) is 5.75 Å². The third-order valence-electron chi connectivity index (χ3n) is 5.00. The molecule has 12 nitrogen and oxygen atoms in total. The molecule has 0 aliphatic rings. The molecule has 0 bridgehead atoms. The molecule has 0 aromatic heterocycles. The fourth-order valence-corrected chi connectivity index (χ4v) is 2.92. The number of carbonyl (C=O) groups excluding carboxylic acids is 3. The Balaban J connectivity index is 3.01. The van der Waals surface area contributed by atoms with Crippen molar-refractivity contribution < 1.29 is 39.3 Å². The summed E-state index contributed by atoms with van der Waals surface area (Å²) in [5.41, 5.74) is 5.78. The van der Waals surface area contributed by atoms with Crippen LogP contribution in [0.2, 0.25) is 0 Å². The van der Waals surface area contributed by atoms with Crippen LogP contribution in [0.4, 0.5) is 0 Å². The van der Waals surface area contributed by atoms with Crippen LogP contribution in [-0.4, -0.2) is 69.7 Å². The first kappa shape index (κ1) is 27.4. The van der Waals surface area contributed by atoms with Crippen molar-refractivity contribution in [1.29, 1.82) is 0 Å². The molecule has 12 heteroatoms. The Morgan fingerprint density at radius 3 is 2.00 bits per heavy atom. The Morgan fingerprint density at radius 1 is 0.939 bits per heavy atom. The van der Waals surface area contributed by atoms with Crippen LogP contribution < -0.4 is 21.7 Å².